The van der Waals surface area contributed by atoms with Crippen molar-refractivity contribution in [1.82, 2.24) is 0 Å². The van der Waals surface area contributed by atoms with Gasteiger partial charge >= 0.3 is 12.4 Å². The molecule has 4 nitrogen and oxygen atoms in total. The van der Waals surface area contributed by atoms with Crippen LogP contribution < -0.4 is 4.31 Å². The van der Waals surface area contributed by atoms with Crippen LogP contribution in [0.3, 0.4) is 0 Å². The molecule has 0 saturated carbocycles. The third-order valence-electron chi connectivity index (χ3n) is 4.02. The Bertz CT molecular complexity index is 940. The zero-order chi connectivity index (χ0) is 22.1. The maximum Gasteiger partial charge on any atom is 0.430 e. The van der Waals surface area contributed by atoms with E-state index < -0.39 is 33.5 Å². The molecule has 0 aliphatic carbocycles. The molecular formula is C18H15F6NO3S. The molecule has 0 aliphatic rings. The molecule has 2 aromatic rings. The van der Waals surface area contributed by atoms with Gasteiger partial charge in [0.2, 0.25) is 0 Å². The van der Waals surface area contributed by atoms with Crippen molar-refractivity contribution in [3.8, 4) is 0 Å². The highest BCUT2D eigenvalue weighted by Gasteiger charge is 2.71. The topological polar surface area (TPSA) is 57.6 Å². The SMILES string of the molecule is C=CCN(c1ccc(C(O)(C(F)(F)F)C(F)(F)F)cc1)S(=O)(=O)c1ccccc1. The van der Waals surface area contributed by atoms with E-state index in [2.05, 4.69) is 6.58 Å². The van der Waals surface area contributed by atoms with Gasteiger partial charge < -0.3 is 5.11 Å². The Labute approximate surface area is 162 Å². The molecule has 0 bridgehead atoms. The molecule has 0 amide bonds. The van der Waals surface area contributed by atoms with Crippen molar-refractivity contribution in [3.05, 3.63) is 72.8 Å². The minimum atomic E-state index is -6.04. The van der Waals surface area contributed by atoms with Gasteiger partial charge in [-0.3, -0.25) is 4.31 Å². The van der Waals surface area contributed by atoms with Gasteiger partial charge in [-0.15, -0.1) is 6.58 Å². The number of halogens is 6. The predicted octanol–water partition coefficient (Wildman–Crippen LogP) is 4.38. The number of hydrogen-bond donors (Lipinski definition) is 1. The fourth-order valence-corrected chi connectivity index (χ4v) is 3.99. The zero-order valence-corrected chi connectivity index (χ0v) is 15.4. The first-order valence-corrected chi connectivity index (χ1v) is 9.36. The van der Waals surface area contributed by atoms with Gasteiger partial charge in [0.25, 0.3) is 15.6 Å². The van der Waals surface area contributed by atoms with Crippen molar-refractivity contribution in [2.75, 3.05) is 10.8 Å². The van der Waals surface area contributed by atoms with Gasteiger partial charge in [-0.2, -0.15) is 26.3 Å². The Morgan fingerprint density at radius 2 is 1.38 bits per heavy atom. The second-order valence-electron chi connectivity index (χ2n) is 5.89. The summed E-state index contributed by atoms with van der Waals surface area (Å²) >= 11 is 0. The van der Waals surface area contributed by atoms with E-state index in [9.17, 15) is 39.9 Å². The number of benzene rings is 2. The summed E-state index contributed by atoms with van der Waals surface area (Å²) in [5, 5.41) is 9.43. The molecule has 0 unspecified atom stereocenters. The lowest BCUT2D eigenvalue weighted by atomic mass is 9.92. The number of rotatable bonds is 6. The van der Waals surface area contributed by atoms with Gasteiger partial charge in [-0.25, -0.2) is 8.42 Å². The minimum absolute atomic E-state index is 0.131. The third-order valence-corrected chi connectivity index (χ3v) is 5.83. The van der Waals surface area contributed by atoms with Gasteiger partial charge in [0, 0.05) is 5.56 Å². The highest BCUT2D eigenvalue weighted by atomic mass is 32.2. The first kappa shape index (κ1) is 22.8. The van der Waals surface area contributed by atoms with Crippen LogP contribution in [0.5, 0.6) is 0 Å². The van der Waals surface area contributed by atoms with Gasteiger partial charge in [0.1, 0.15) is 0 Å². The summed E-state index contributed by atoms with van der Waals surface area (Å²) in [6.07, 6.45) is -10.9. The van der Waals surface area contributed by atoms with Crippen LogP contribution in [0.15, 0.2) is 72.1 Å². The van der Waals surface area contributed by atoms with E-state index in [-0.39, 0.29) is 17.1 Å². The van der Waals surface area contributed by atoms with Crippen molar-refractivity contribution in [2.45, 2.75) is 22.8 Å². The molecule has 0 fully saturated rings. The summed E-state index contributed by atoms with van der Waals surface area (Å²) < 4.78 is 104. The quantitative estimate of drug-likeness (QED) is 0.537. The molecular weight excluding hydrogens is 424 g/mol. The lowest BCUT2D eigenvalue weighted by molar-refractivity contribution is -0.376. The standard InChI is InChI=1S/C18H15F6NO3S/c1-2-12-25(29(27,28)15-6-4-3-5-7-15)14-10-8-13(9-11-14)16(26,17(19,20)21)18(22,23)24/h2-11,26H,1,12H2. The fraction of sp³-hybridized carbons (Fsp3) is 0.222. The number of anilines is 1. The Hall–Kier alpha value is -2.53. The smallest absolute Gasteiger partial charge is 0.369 e. The molecule has 158 valence electrons. The van der Waals surface area contributed by atoms with Crippen LogP contribution in [-0.2, 0) is 15.6 Å². The number of hydrogen-bond acceptors (Lipinski definition) is 3. The summed E-state index contributed by atoms with van der Waals surface area (Å²) in [7, 11) is -4.17. The van der Waals surface area contributed by atoms with Crippen LogP contribution in [0.1, 0.15) is 5.56 Å². The third kappa shape index (κ3) is 4.10. The van der Waals surface area contributed by atoms with Crippen molar-refractivity contribution >= 4 is 15.7 Å². The lowest BCUT2D eigenvalue weighted by Crippen LogP contribution is -2.53. The number of aliphatic hydroxyl groups is 1. The van der Waals surface area contributed by atoms with E-state index >= 15 is 0 Å². The van der Waals surface area contributed by atoms with Crippen LogP contribution >= 0.6 is 0 Å². The van der Waals surface area contributed by atoms with Crippen molar-refractivity contribution in [2.24, 2.45) is 0 Å². The normalized spacial score (nSPS) is 13.2. The Kier molecular flexibility index (Phi) is 6.05. The maximum absolute atomic E-state index is 13.0. The molecule has 29 heavy (non-hydrogen) atoms. The lowest BCUT2D eigenvalue weighted by Gasteiger charge is -2.33. The van der Waals surface area contributed by atoms with Crippen LogP contribution in [-0.4, -0.2) is 32.4 Å². The first-order chi connectivity index (χ1) is 13.3. The molecule has 11 heteroatoms. The summed E-state index contributed by atoms with van der Waals surface area (Å²) in [6, 6.07) is 9.31. The molecule has 0 radical (unpaired) electrons. The molecule has 0 aromatic heterocycles. The van der Waals surface area contributed by atoms with Crippen LogP contribution in [0.4, 0.5) is 32.0 Å². The van der Waals surface area contributed by atoms with E-state index in [0.717, 1.165) is 16.4 Å². The average Bonchev–Trinajstić information content (AvgIpc) is 2.64. The predicted molar refractivity (Wildman–Crippen MR) is 93.6 cm³/mol. The zero-order valence-electron chi connectivity index (χ0n) is 14.6. The Balaban J connectivity index is 2.55. The van der Waals surface area contributed by atoms with E-state index in [4.69, 9.17) is 0 Å². The van der Waals surface area contributed by atoms with Crippen molar-refractivity contribution in [3.63, 3.8) is 0 Å². The number of alkyl halides is 6. The highest BCUT2D eigenvalue weighted by Crippen LogP contribution is 2.50. The number of nitrogens with zero attached hydrogens (tertiary/aromatic N) is 1. The largest absolute Gasteiger partial charge is 0.430 e. The summed E-state index contributed by atoms with van der Waals surface area (Å²) in [5.74, 6) is 0. The van der Waals surface area contributed by atoms with E-state index in [1.165, 1.54) is 30.3 Å². The van der Waals surface area contributed by atoms with E-state index in [0.29, 0.717) is 12.1 Å². The molecule has 2 aromatic carbocycles. The second-order valence-corrected chi connectivity index (χ2v) is 7.75. The molecule has 0 spiro atoms. The maximum atomic E-state index is 13.0. The van der Waals surface area contributed by atoms with Crippen LogP contribution in [0.25, 0.3) is 0 Å². The van der Waals surface area contributed by atoms with Crippen molar-refractivity contribution < 1.29 is 39.9 Å². The number of sulfonamides is 1. The molecule has 0 atom stereocenters. The van der Waals surface area contributed by atoms with Crippen molar-refractivity contribution in [1.29, 1.82) is 0 Å². The average molecular weight is 439 g/mol. The molecule has 0 heterocycles. The highest BCUT2D eigenvalue weighted by molar-refractivity contribution is 7.92. The van der Waals surface area contributed by atoms with Gasteiger partial charge in [-0.05, 0) is 24.3 Å². The van der Waals surface area contributed by atoms with Gasteiger partial charge in [0.15, 0.2) is 0 Å². The van der Waals surface area contributed by atoms with Gasteiger partial charge in [-0.1, -0.05) is 36.4 Å². The molecule has 0 saturated heterocycles. The summed E-state index contributed by atoms with van der Waals surface area (Å²) in [4.78, 5) is -0.131. The van der Waals surface area contributed by atoms with Crippen LogP contribution in [0, 0.1) is 0 Å². The van der Waals surface area contributed by atoms with E-state index in [1.54, 1.807) is 6.07 Å². The van der Waals surface area contributed by atoms with Crippen LogP contribution in [0.2, 0.25) is 0 Å². The Morgan fingerprint density at radius 1 is 0.897 bits per heavy atom. The second kappa shape index (κ2) is 7.71. The van der Waals surface area contributed by atoms with Gasteiger partial charge in [0.05, 0.1) is 17.1 Å². The monoisotopic (exact) mass is 439 g/mol. The summed E-state index contributed by atoms with van der Waals surface area (Å²) in [5.41, 5.74) is -6.79. The van der Waals surface area contributed by atoms with E-state index in [1.807, 2.05) is 0 Å². The molecule has 2 rings (SSSR count). The fourth-order valence-electron chi connectivity index (χ4n) is 2.54. The first-order valence-electron chi connectivity index (χ1n) is 7.92. The summed E-state index contributed by atoms with van der Waals surface area (Å²) in [6.45, 7) is 3.12. The molecule has 1 N–H and O–H groups in total. The Morgan fingerprint density at radius 3 is 1.79 bits per heavy atom. The molecule has 0 aliphatic heterocycles. The minimum Gasteiger partial charge on any atom is -0.369 e.